The molecule has 0 aliphatic carbocycles. The second-order valence-electron chi connectivity index (χ2n) is 5.56. The monoisotopic (exact) mass is 304 g/mol. The van der Waals surface area contributed by atoms with Crippen molar-refractivity contribution in [3.63, 3.8) is 0 Å². The van der Waals surface area contributed by atoms with Gasteiger partial charge in [-0.05, 0) is 31.4 Å². The highest BCUT2D eigenvalue weighted by molar-refractivity contribution is 5.97. The first-order chi connectivity index (χ1) is 10.7. The molecule has 0 atom stereocenters. The summed E-state index contributed by atoms with van der Waals surface area (Å²) in [6.45, 7) is 3.98. The molecule has 1 aliphatic rings. The molecule has 22 heavy (non-hydrogen) atoms. The number of para-hydroxylation sites is 1. The Bertz CT molecular complexity index is 522. The SMILES string of the molecule is CCCNC(=O)C1CCN(C(=O)c2ccccc2OC)CC1. The maximum Gasteiger partial charge on any atom is 0.257 e. The number of nitrogens with zero attached hydrogens (tertiary/aromatic N) is 1. The number of likely N-dealkylation sites (tertiary alicyclic amines) is 1. The van der Waals surface area contributed by atoms with Crippen LogP contribution in [0.15, 0.2) is 24.3 Å². The van der Waals surface area contributed by atoms with Crippen molar-refractivity contribution in [3.8, 4) is 5.75 Å². The molecule has 0 aromatic heterocycles. The van der Waals surface area contributed by atoms with E-state index in [4.69, 9.17) is 4.74 Å². The predicted molar refractivity (Wildman–Crippen MR) is 84.9 cm³/mol. The predicted octanol–water partition coefficient (Wildman–Crippen LogP) is 2.07. The van der Waals surface area contributed by atoms with Crippen LogP contribution >= 0.6 is 0 Å². The molecule has 0 radical (unpaired) electrons. The zero-order valence-corrected chi connectivity index (χ0v) is 13.3. The second-order valence-corrected chi connectivity index (χ2v) is 5.56. The largest absolute Gasteiger partial charge is 0.496 e. The van der Waals surface area contributed by atoms with Gasteiger partial charge in [-0.25, -0.2) is 0 Å². The number of rotatable bonds is 5. The molecule has 120 valence electrons. The van der Waals surface area contributed by atoms with E-state index in [0.29, 0.717) is 24.4 Å². The minimum Gasteiger partial charge on any atom is -0.496 e. The molecule has 1 aromatic carbocycles. The summed E-state index contributed by atoms with van der Waals surface area (Å²) in [5.41, 5.74) is 0.582. The van der Waals surface area contributed by atoms with Crippen molar-refractivity contribution >= 4 is 11.8 Å². The molecule has 0 unspecified atom stereocenters. The zero-order valence-electron chi connectivity index (χ0n) is 13.3. The number of ether oxygens (including phenoxy) is 1. The van der Waals surface area contributed by atoms with E-state index in [1.54, 1.807) is 24.1 Å². The third kappa shape index (κ3) is 3.78. The van der Waals surface area contributed by atoms with Crippen molar-refractivity contribution in [2.24, 2.45) is 5.92 Å². The average Bonchev–Trinajstić information content (AvgIpc) is 2.59. The number of carbonyl (C=O) groups is 2. The molecule has 1 N–H and O–H groups in total. The molecule has 5 nitrogen and oxygen atoms in total. The lowest BCUT2D eigenvalue weighted by Crippen LogP contribution is -2.43. The molecule has 0 saturated carbocycles. The van der Waals surface area contributed by atoms with E-state index in [1.807, 2.05) is 19.1 Å². The summed E-state index contributed by atoms with van der Waals surface area (Å²) >= 11 is 0. The third-order valence-electron chi connectivity index (χ3n) is 4.04. The Balaban J connectivity index is 1.94. The number of methoxy groups -OCH3 is 1. The Kier molecular flexibility index (Phi) is 5.81. The third-order valence-corrected chi connectivity index (χ3v) is 4.04. The molecule has 1 heterocycles. The van der Waals surface area contributed by atoms with Crippen LogP contribution in [0, 0.1) is 5.92 Å². The first-order valence-corrected chi connectivity index (χ1v) is 7.87. The first-order valence-electron chi connectivity index (χ1n) is 7.87. The summed E-state index contributed by atoms with van der Waals surface area (Å²) in [5.74, 6) is 0.708. The summed E-state index contributed by atoms with van der Waals surface area (Å²) in [4.78, 5) is 26.3. The minimum absolute atomic E-state index is 0.0215. The lowest BCUT2D eigenvalue weighted by molar-refractivity contribution is -0.126. The van der Waals surface area contributed by atoms with Crippen molar-refractivity contribution in [2.45, 2.75) is 26.2 Å². The molecule has 1 aromatic rings. The van der Waals surface area contributed by atoms with Crippen molar-refractivity contribution in [1.82, 2.24) is 10.2 Å². The van der Waals surface area contributed by atoms with Gasteiger partial charge in [0.15, 0.2) is 0 Å². The van der Waals surface area contributed by atoms with E-state index >= 15 is 0 Å². The fourth-order valence-corrected chi connectivity index (χ4v) is 2.73. The smallest absolute Gasteiger partial charge is 0.257 e. The Morgan fingerprint density at radius 3 is 2.59 bits per heavy atom. The van der Waals surface area contributed by atoms with Crippen molar-refractivity contribution in [1.29, 1.82) is 0 Å². The van der Waals surface area contributed by atoms with Gasteiger partial charge in [-0.2, -0.15) is 0 Å². The van der Waals surface area contributed by atoms with Gasteiger partial charge in [0, 0.05) is 25.6 Å². The number of piperidine rings is 1. The van der Waals surface area contributed by atoms with E-state index < -0.39 is 0 Å². The van der Waals surface area contributed by atoms with Crippen LogP contribution < -0.4 is 10.1 Å². The molecule has 1 fully saturated rings. The van der Waals surface area contributed by atoms with Crippen LogP contribution in [0.25, 0.3) is 0 Å². The van der Waals surface area contributed by atoms with Gasteiger partial charge < -0.3 is 15.0 Å². The van der Waals surface area contributed by atoms with Crippen LogP contribution in [0.1, 0.15) is 36.5 Å². The Morgan fingerprint density at radius 2 is 1.95 bits per heavy atom. The Morgan fingerprint density at radius 1 is 1.27 bits per heavy atom. The number of hydrogen-bond donors (Lipinski definition) is 1. The summed E-state index contributed by atoms with van der Waals surface area (Å²) in [5, 5.41) is 2.93. The molecule has 0 spiro atoms. The molecule has 1 saturated heterocycles. The van der Waals surface area contributed by atoms with Crippen molar-refractivity contribution < 1.29 is 14.3 Å². The summed E-state index contributed by atoms with van der Waals surface area (Å²) < 4.78 is 5.25. The maximum absolute atomic E-state index is 12.6. The molecule has 2 rings (SSSR count). The van der Waals surface area contributed by atoms with Gasteiger partial charge in [-0.1, -0.05) is 19.1 Å². The highest BCUT2D eigenvalue weighted by atomic mass is 16.5. The quantitative estimate of drug-likeness (QED) is 0.906. The maximum atomic E-state index is 12.6. The number of nitrogens with one attached hydrogen (secondary N) is 1. The molecule has 5 heteroatoms. The van der Waals surface area contributed by atoms with Crippen LogP contribution in [0.5, 0.6) is 5.75 Å². The average molecular weight is 304 g/mol. The van der Waals surface area contributed by atoms with Gasteiger partial charge in [0.1, 0.15) is 5.75 Å². The number of amides is 2. The highest BCUT2D eigenvalue weighted by Gasteiger charge is 2.28. The van der Waals surface area contributed by atoms with Gasteiger partial charge in [-0.15, -0.1) is 0 Å². The normalized spacial score (nSPS) is 15.5. The Hall–Kier alpha value is -2.04. The molecule has 1 aliphatic heterocycles. The van der Waals surface area contributed by atoms with Crippen LogP contribution in [-0.2, 0) is 4.79 Å². The van der Waals surface area contributed by atoms with Crippen molar-refractivity contribution in [2.75, 3.05) is 26.7 Å². The topological polar surface area (TPSA) is 58.6 Å². The number of carbonyl (C=O) groups excluding carboxylic acids is 2. The van der Waals surface area contributed by atoms with Crippen LogP contribution in [0.4, 0.5) is 0 Å². The van der Waals surface area contributed by atoms with Gasteiger partial charge in [0.2, 0.25) is 5.91 Å². The van der Waals surface area contributed by atoms with Crippen LogP contribution in [-0.4, -0.2) is 43.5 Å². The van der Waals surface area contributed by atoms with Gasteiger partial charge >= 0.3 is 0 Å². The minimum atomic E-state index is -0.0233. The van der Waals surface area contributed by atoms with Gasteiger partial charge in [0.25, 0.3) is 5.91 Å². The number of benzene rings is 1. The van der Waals surface area contributed by atoms with E-state index in [9.17, 15) is 9.59 Å². The lowest BCUT2D eigenvalue weighted by atomic mass is 9.95. The van der Waals surface area contributed by atoms with E-state index in [-0.39, 0.29) is 17.7 Å². The van der Waals surface area contributed by atoms with Crippen LogP contribution in [0.3, 0.4) is 0 Å². The van der Waals surface area contributed by atoms with Gasteiger partial charge in [-0.3, -0.25) is 9.59 Å². The zero-order chi connectivity index (χ0) is 15.9. The molecular formula is C17H24N2O3. The molecule has 0 bridgehead atoms. The Labute approximate surface area is 131 Å². The number of hydrogen-bond acceptors (Lipinski definition) is 3. The van der Waals surface area contributed by atoms with Gasteiger partial charge in [0.05, 0.1) is 12.7 Å². The fourth-order valence-electron chi connectivity index (χ4n) is 2.73. The van der Waals surface area contributed by atoms with E-state index in [1.165, 1.54) is 0 Å². The first kappa shape index (κ1) is 16.3. The summed E-state index contributed by atoms with van der Waals surface area (Å²) in [7, 11) is 1.57. The van der Waals surface area contributed by atoms with Crippen molar-refractivity contribution in [3.05, 3.63) is 29.8 Å². The summed E-state index contributed by atoms with van der Waals surface area (Å²) in [6.07, 6.45) is 2.38. The lowest BCUT2D eigenvalue weighted by Gasteiger charge is -2.31. The van der Waals surface area contributed by atoms with Crippen LogP contribution in [0.2, 0.25) is 0 Å². The van der Waals surface area contributed by atoms with E-state index in [0.717, 1.165) is 25.8 Å². The fraction of sp³-hybridized carbons (Fsp3) is 0.529. The standard InChI is InChI=1S/C17H24N2O3/c1-3-10-18-16(20)13-8-11-19(12-9-13)17(21)14-6-4-5-7-15(14)22-2/h4-7,13H,3,8-12H2,1-2H3,(H,18,20). The second kappa shape index (κ2) is 7.82. The van der Waals surface area contributed by atoms with E-state index in [2.05, 4.69) is 5.32 Å². The molecular weight excluding hydrogens is 280 g/mol. The molecule has 2 amide bonds. The highest BCUT2D eigenvalue weighted by Crippen LogP contribution is 2.23. The summed E-state index contributed by atoms with van der Waals surface area (Å²) in [6, 6.07) is 7.25.